The number of hydrogen-bond donors (Lipinski definition) is 2. The van der Waals surface area contributed by atoms with E-state index in [4.69, 9.17) is 9.47 Å². The van der Waals surface area contributed by atoms with Gasteiger partial charge in [0.05, 0.1) is 12.3 Å². The molecular weight excluding hydrogens is 442 g/mol. The molecule has 0 atom stereocenters. The second-order valence-electron chi connectivity index (χ2n) is 7.55. The van der Waals surface area contributed by atoms with Crippen molar-refractivity contribution in [1.29, 1.82) is 0 Å². The molecule has 2 aromatic carbocycles. The summed E-state index contributed by atoms with van der Waals surface area (Å²) in [5, 5.41) is 5.45. The number of benzene rings is 2. The third-order valence-electron chi connectivity index (χ3n) is 4.55. The number of amides is 2. The van der Waals surface area contributed by atoms with Crippen molar-refractivity contribution in [3.63, 3.8) is 0 Å². The average molecular weight is 468 g/mol. The summed E-state index contributed by atoms with van der Waals surface area (Å²) in [6.45, 7) is 5.11. The van der Waals surface area contributed by atoms with Crippen LogP contribution in [0.15, 0.2) is 60.7 Å². The molecule has 3 aromatic rings. The summed E-state index contributed by atoms with van der Waals surface area (Å²) in [5.41, 5.74) is 0.676. The van der Waals surface area contributed by atoms with Gasteiger partial charge >= 0.3 is 12.1 Å². The van der Waals surface area contributed by atoms with E-state index >= 15 is 0 Å². The number of hydrogen-bond acceptors (Lipinski definition) is 7. The molecule has 1 aromatic heterocycles. The molecule has 0 saturated heterocycles. The third kappa shape index (κ3) is 6.39. The van der Waals surface area contributed by atoms with Crippen molar-refractivity contribution in [3.05, 3.63) is 71.1 Å². The Bertz CT molecular complexity index is 1110. The molecule has 3 rings (SSSR count). The van der Waals surface area contributed by atoms with Gasteiger partial charge in [-0.1, -0.05) is 72.0 Å². The first-order valence-electron chi connectivity index (χ1n) is 10.3. The lowest BCUT2D eigenvalue weighted by Gasteiger charge is -2.24. The summed E-state index contributed by atoms with van der Waals surface area (Å²) in [7, 11) is 0. The molecule has 9 heteroatoms. The highest BCUT2D eigenvalue weighted by Crippen LogP contribution is 2.32. The maximum atomic E-state index is 12.9. The highest BCUT2D eigenvalue weighted by atomic mass is 32.1. The Kier molecular flexibility index (Phi) is 7.78. The van der Waals surface area contributed by atoms with Gasteiger partial charge in [0.15, 0.2) is 5.13 Å². The van der Waals surface area contributed by atoms with Gasteiger partial charge in [0.2, 0.25) is 0 Å². The first-order chi connectivity index (χ1) is 15.8. The van der Waals surface area contributed by atoms with Crippen molar-refractivity contribution in [3.8, 4) is 11.3 Å². The van der Waals surface area contributed by atoms with Crippen molar-refractivity contribution in [2.24, 2.45) is 0 Å². The minimum atomic E-state index is -1.30. The molecule has 0 spiro atoms. The molecule has 1 heterocycles. The Labute approximate surface area is 196 Å². The van der Waals surface area contributed by atoms with Gasteiger partial charge in [-0.15, -0.1) is 0 Å². The van der Waals surface area contributed by atoms with Gasteiger partial charge in [-0.2, -0.15) is 0 Å². The number of rotatable bonds is 8. The maximum Gasteiger partial charge on any atom is 0.408 e. The van der Waals surface area contributed by atoms with Crippen LogP contribution in [-0.4, -0.2) is 35.1 Å². The standard InChI is InChI=1S/C24H25N3O5S/c1-4-31-20(28)19-18(17-13-9-6-10-14-17)25-22(33-19)26-21(29)24(2,3)27-23(30)32-15-16-11-7-5-8-12-16/h5-14H,4,15H2,1-3H3,(H,27,30)(H,25,26,29). The van der Waals surface area contributed by atoms with Crippen LogP contribution in [0.3, 0.4) is 0 Å². The smallest absolute Gasteiger partial charge is 0.408 e. The number of esters is 1. The van der Waals surface area contributed by atoms with Gasteiger partial charge in [-0.05, 0) is 26.3 Å². The van der Waals surface area contributed by atoms with Crippen molar-refractivity contribution >= 4 is 34.4 Å². The van der Waals surface area contributed by atoms with Gasteiger partial charge in [-0.25, -0.2) is 14.6 Å². The van der Waals surface area contributed by atoms with Crippen LogP contribution in [0.25, 0.3) is 11.3 Å². The number of ether oxygens (including phenoxy) is 2. The van der Waals surface area contributed by atoms with Gasteiger partial charge in [0.25, 0.3) is 5.91 Å². The molecule has 33 heavy (non-hydrogen) atoms. The number of thiazole rings is 1. The van der Waals surface area contributed by atoms with Crippen LogP contribution in [-0.2, 0) is 20.9 Å². The molecule has 0 aliphatic heterocycles. The summed E-state index contributed by atoms with van der Waals surface area (Å²) < 4.78 is 10.3. The Morgan fingerprint density at radius 1 is 0.970 bits per heavy atom. The summed E-state index contributed by atoms with van der Waals surface area (Å²) in [6.07, 6.45) is -0.727. The molecule has 0 unspecified atom stereocenters. The van der Waals surface area contributed by atoms with Gasteiger partial charge in [0.1, 0.15) is 17.0 Å². The zero-order chi connectivity index (χ0) is 23.8. The predicted octanol–water partition coefficient (Wildman–Crippen LogP) is 4.63. The third-order valence-corrected chi connectivity index (χ3v) is 5.50. The minimum Gasteiger partial charge on any atom is -0.462 e. The number of nitrogens with one attached hydrogen (secondary N) is 2. The fraction of sp³-hybridized carbons (Fsp3) is 0.250. The quantitative estimate of drug-likeness (QED) is 0.468. The Morgan fingerprint density at radius 2 is 1.61 bits per heavy atom. The van der Waals surface area contributed by atoms with Gasteiger partial charge in [-0.3, -0.25) is 10.1 Å². The van der Waals surface area contributed by atoms with Crippen molar-refractivity contribution in [1.82, 2.24) is 10.3 Å². The second kappa shape index (κ2) is 10.7. The van der Waals surface area contributed by atoms with Crippen molar-refractivity contribution in [2.75, 3.05) is 11.9 Å². The lowest BCUT2D eigenvalue weighted by atomic mass is 10.1. The molecular formula is C24H25N3O5S. The van der Waals surface area contributed by atoms with E-state index < -0.39 is 23.5 Å². The van der Waals surface area contributed by atoms with E-state index in [0.29, 0.717) is 5.69 Å². The van der Waals surface area contributed by atoms with Crippen LogP contribution < -0.4 is 10.6 Å². The summed E-state index contributed by atoms with van der Waals surface area (Å²) in [6, 6.07) is 18.4. The van der Waals surface area contributed by atoms with E-state index in [-0.39, 0.29) is 23.2 Å². The summed E-state index contributed by atoms with van der Waals surface area (Å²) >= 11 is 1.01. The Hall–Kier alpha value is -3.72. The largest absolute Gasteiger partial charge is 0.462 e. The monoisotopic (exact) mass is 467 g/mol. The van der Waals surface area contributed by atoms with Gasteiger partial charge in [0, 0.05) is 5.56 Å². The highest BCUT2D eigenvalue weighted by Gasteiger charge is 2.32. The fourth-order valence-corrected chi connectivity index (χ4v) is 3.70. The topological polar surface area (TPSA) is 107 Å². The molecule has 172 valence electrons. The molecule has 0 bridgehead atoms. The molecule has 0 radical (unpaired) electrons. The van der Waals surface area contributed by atoms with Crippen LogP contribution in [0.4, 0.5) is 9.93 Å². The normalized spacial score (nSPS) is 10.9. The number of aromatic nitrogens is 1. The zero-order valence-corrected chi connectivity index (χ0v) is 19.4. The van der Waals surface area contributed by atoms with Crippen LogP contribution in [0, 0.1) is 0 Å². The number of carbonyl (C=O) groups excluding carboxylic acids is 3. The fourth-order valence-electron chi connectivity index (χ4n) is 2.82. The molecule has 2 amide bonds. The van der Waals surface area contributed by atoms with Crippen LogP contribution in [0.1, 0.15) is 36.0 Å². The lowest BCUT2D eigenvalue weighted by molar-refractivity contribution is -0.121. The van der Waals surface area contributed by atoms with Crippen LogP contribution in [0.5, 0.6) is 0 Å². The Morgan fingerprint density at radius 3 is 2.24 bits per heavy atom. The first kappa shape index (κ1) is 23.9. The minimum absolute atomic E-state index is 0.0835. The van der Waals surface area contributed by atoms with E-state index in [9.17, 15) is 14.4 Å². The Balaban J connectivity index is 1.70. The second-order valence-corrected chi connectivity index (χ2v) is 8.55. The number of nitrogens with zero attached hydrogens (tertiary/aromatic N) is 1. The van der Waals surface area contributed by atoms with E-state index in [2.05, 4.69) is 15.6 Å². The number of alkyl carbamates (subject to hydrolysis) is 1. The first-order valence-corrected chi connectivity index (χ1v) is 11.2. The molecule has 8 nitrogen and oxygen atoms in total. The summed E-state index contributed by atoms with van der Waals surface area (Å²) in [5.74, 6) is -1.03. The number of anilines is 1. The van der Waals surface area contributed by atoms with E-state index in [1.165, 1.54) is 0 Å². The van der Waals surface area contributed by atoms with E-state index in [1.807, 2.05) is 60.7 Å². The van der Waals surface area contributed by atoms with Crippen molar-refractivity contribution < 1.29 is 23.9 Å². The molecule has 0 fully saturated rings. The van der Waals surface area contributed by atoms with Crippen molar-refractivity contribution in [2.45, 2.75) is 32.9 Å². The molecule has 0 aliphatic rings. The highest BCUT2D eigenvalue weighted by molar-refractivity contribution is 7.18. The van der Waals surface area contributed by atoms with Crippen LogP contribution in [0.2, 0.25) is 0 Å². The summed E-state index contributed by atoms with van der Waals surface area (Å²) in [4.78, 5) is 42.2. The maximum absolute atomic E-state index is 12.9. The molecule has 2 N–H and O–H groups in total. The van der Waals surface area contributed by atoms with Crippen LogP contribution >= 0.6 is 11.3 Å². The lowest BCUT2D eigenvalue weighted by Crippen LogP contribution is -2.52. The SMILES string of the molecule is CCOC(=O)c1sc(NC(=O)C(C)(C)NC(=O)OCc2ccccc2)nc1-c1ccccc1. The van der Waals surface area contributed by atoms with E-state index in [1.54, 1.807) is 20.8 Å². The molecule has 0 aliphatic carbocycles. The molecule has 0 saturated carbocycles. The number of carbonyl (C=O) groups is 3. The van der Waals surface area contributed by atoms with E-state index in [0.717, 1.165) is 22.5 Å². The average Bonchev–Trinajstić information content (AvgIpc) is 3.23. The van der Waals surface area contributed by atoms with Gasteiger partial charge < -0.3 is 14.8 Å². The predicted molar refractivity (Wildman–Crippen MR) is 126 cm³/mol. The zero-order valence-electron chi connectivity index (χ0n) is 18.6.